The number of hydrogen-bond donors (Lipinski definition) is 1. The van der Waals surface area contributed by atoms with E-state index in [1.807, 2.05) is 6.92 Å². The number of sulfonamides is 1. The van der Waals surface area contributed by atoms with Gasteiger partial charge in [-0.05, 0) is 39.0 Å². The lowest BCUT2D eigenvalue weighted by molar-refractivity contribution is -0.139. The Balaban J connectivity index is 2.38. The zero-order chi connectivity index (χ0) is 23.2. The molecule has 0 heterocycles. The van der Waals surface area contributed by atoms with Gasteiger partial charge in [0, 0.05) is 18.7 Å². The SMILES string of the molecule is CCNC(=O)[C@@H](C)N(Cc1ccccc1F)C(=O)CN(c1ccc(C)cc1)S(C)(=O)=O. The van der Waals surface area contributed by atoms with Crippen LogP contribution in [-0.2, 0) is 26.2 Å². The predicted molar refractivity (Wildman–Crippen MR) is 118 cm³/mol. The molecule has 0 unspecified atom stereocenters. The Hall–Kier alpha value is -2.94. The number of halogens is 1. The van der Waals surface area contributed by atoms with E-state index < -0.39 is 40.2 Å². The monoisotopic (exact) mass is 449 g/mol. The van der Waals surface area contributed by atoms with Crippen LogP contribution < -0.4 is 9.62 Å². The maximum absolute atomic E-state index is 14.2. The number of nitrogens with zero attached hydrogens (tertiary/aromatic N) is 2. The van der Waals surface area contributed by atoms with Crippen molar-refractivity contribution in [2.75, 3.05) is 23.7 Å². The number of likely N-dealkylation sites (N-methyl/N-ethyl adjacent to an activating group) is 1. The van der Waals surface area contributed by atoms with Crippen LogP contribution in [0.1, 0.15) is 25.0 Å². The van der Waals surface area contributed by atoms with Crippen LogP contribution in [0.25, 0.3) is 0 Å². The fourth-order valence-corrected chi connectivity index (χ4v) is 3.89. The molecule has 0 spiro atoms. The maximum atomic E-state index is 14.2. The van der Waals surface area contributed by atoms with Crippen LogP contribution in [0, 0.1) is 12.7 Å². The number of aryl methyl sites for hydroxylation is 1. The van der Waals surface area contributed by atoms with Gasteiger partial charge in [0.25, 0.3) is 0 Å². The second-order valence-corrected chi connectivity index (χ2v) is 9.20. The number of carbonyl (C=O) groups excluding carboxylic acids is 2. The first-order chi connectivity index (χ1) is 14.5. The van der Waals surface area contributed by atoms with E-state index in [2.05, 4.69) is 5.32 Å². The molecule has 0 fully saturated rings. The molecule has 0 aromatic heterocycles. The van der Waals surface area contributed by atoms with E-state index in [4.69, 9.17) is 0 Å². The Labute approximate surface area is 182 Å². The molecule has 31 heavy (non-hydrogen) atoms. The van der Waals surface area contributed by atoms with Crippen molar-refractivity contribution in [1.82, 2.24) is 10.2 Å². The lowest BCUT2D eigenvalue weighted by Crippen LogP contribution is -2.51. The van der Waals surface area contributed by atoms with Crippen molar-refractivity contribution >= 4 is 27.5 Å². The Morgan fingerprint density at radius 1 is 1.10 bits per heavy atom. The number of rotatable bonds is 9. The number of benzene rings is 2. The van der Waals surface area contributed by atoms with Crippen molar-refractivity contribution in [3.63, 3.8) is 0 Å². The first-order valence-electron chi connectivity index (χ1n) is 9.89. The maximum Gasteiger partial charge on any atom is 0.244 e. The van der Waals surface area contributed by atoms with Crippen molar-refractivity contribution in [1.29, 1.82) is 0 Å². The van der Waals surface area contributed by atoms with Crippen LogP contribution in [0.5, 0.6) is 0 Å². The molecule has 0 radical (unpaired) electrons. The molecular formula is C22H28FN3O4S. The third-order valence-corrected chi connectivity index (χ3v) is 5.96. The lowest BCUT2D eigenvalue weighted by atomic mass is 10.1. The van der Waals surface area contributed by atoms with Gasteiger partial charge in [0.05, 0.1) is 11.9 Å². The van der Waals surface area contributed by atoms with Gasteiger partial charge in [-0.1, -0.05) is 35.9 Å². The first-order valence-corrected chi connectivity index (χ1v) is 11.7. The average molecular weight is 450 g/mol. The number of nitrogens with one attached hydrogen (secondary N) is 1. The number of amides is 2. The van der Waals surface area contributed by atoms with Gasteiger partial charge < -0.3 is 10.2 Å². The molecule has 0 saturated heterocycles. The summed E-state index contributed by atoms with van der Waals surface area (Å²) in [7, 11) is -3.79. The smallest absolute Gasteiger partial charge is 0.244 e. The summed E-state index contributed by atoms with van der Waals surface area (Å²) < 4.78 is 40.0. The minimum absolute atomic E-state index is 0.171. The molecule has 2 rings (SSSR count). The molecule has 2 aromatic carbocycles. The molecule has 7 nitrogen and oxygen atoms in total. The zero-order valence-corrected chi connectivity index (χ0v) is 18.9. The molecule has 0 aliphatic rings. The molecule has 2 aromatic rings. The van der Waals surface area contributed by atoms with Crippen LogP contribution in [0.15, 0.2) is 48.5 Å². The summed E-state index contributed by atoms with van der Waals surface area (Å²) in [5.41, 5.74) is 1.50. The number of anilines is 1. The van der Waals surface area contributed by atoms with E-state index >= 15 is 0 Å². The third kappa shape index (κ3) is 6.52. The van der Waals surface area contributed by atoms with E-state index in [0.717, 1.165) is 16.1 Å². The quantitative estimate of drug-likeness (QED) is 0.637. The molecule has 9 heteroatoms. The summed E-state index contributed by atoms with van der Waals surface area (Å²) in [6.07, 6.45) is 1.01. The fourth-order valence-electron chi connectivity index (χ4n) is 3.04. The Kier molecular flexibility index (Phi) is 8.15. The molecular weight excluding hydrogens is 421 g/mol. The van der Waals surface area contributed by atoms with Gasteiger partial charge in [-0.25, -0.2) is 12.8 Å². The summed E-state index contributed by atoms with van der Waals surface area (Å²) in [4.78, 5) is 26.8. The minimum atomic E-state index is -3.79. The van der Waals surface area contributed by atoms with Gasteiger partial charge in [-0.15, -0.1) is 0 Å². The van der Waals surface area contributed by atoms with Crippen molar-refractivity contribution in [3.8, 4) is 0 Å². The van der Waals surface area contributed by atoms with E-state index in [1.54, 1.807) is 37.3 Å². The minimum Gasteiger partial charge on any atom is -0.355 e. The van der Waals surface area contributed by atoms with Crippen LogP contribution >= 0.6 is 0 Å². The molecule has 2 amide bonds. The highest BCUT2D eigenvalue weighted by atomic mass is 32.2. The lowest BCUT2D eigenvalue weighted by Gasteiger charge is -2.31. The summed E-state index contributed by atoms with van der Waals surface area (Å²) in [6, 6.07) is 11.7. The molecule has 1 atom stereocenters. The molecule has 0 saturated carbocycles. The van der Waals surface area contributed by atoms with E-state index in [0.29, 0.717) is 12.2 Å². The van der Waals surface area contributed by atoms with E-state index in [-0.39, 0.29) is 12.1 Å². The summed E-state index contributed by atoms with van der Waals surface area (Å²) in [6.45, 7) is 4.82. The Morgan fingerprint density at radius 2 is 1.71 bits per heavy atom. The van der Waals surface area contributed by atoms with Gasteiger partial charge in [0.1, 0.15) is 18.4 Å². The highest BCUT2D eigenvalue weighted by molar-refractivity contribution is 7.92. The largest absolute Gasteiger partial charge is 0.355 e. The second-order valence-electron chi connectivity index (χ2n) is 7.29. The van der Waals surface area contributed by atoms with Crippen LogP contribution in [-0.4, -0.2) is 50.5 Å². The van der Waals surface area contributed by atoms with Crippen molar-refractivity contribution in [2.24, 2.45) is 0 Å². The van der Waals surface area contributed by atoms with Crippen molar-refractivity contribution in [2.45, 2.75) is 33.4 Å². The van der Waals surface area contributed by atoms with E-state index in [9.17, 15) is 22.4 Å². The second kappa shape index (κ2) is 10.4. The van der Waals surface area contributed by atoms with Gasteiger partial charge in [0.15, 0.2) is 0 Å². The molecule has 168 valence electrons. The fraction of sp³-hybridized carbons (Fsp3) is 0.364. The van der Waals surface area contributed by atoms with Crippen molar-refractivity contribution in [3.05, 3.63) is 65.5 Å². The standard InChI is InChI=1S/C22H28FN3O4S/c1-5-24-22(28)17(3)25(14-18-8-6-7-9-20(18)23)21(27)15-26(31(4,29)30)19-12-10-16(2)11-13-19/h6-13,17H,5,14-15H2,1-4H3,(H,24,28)/t17-/m1/s1. The molecule has 0 bridgehead atoms. The molecule has 0 aliphatic heterocycles. The van der Waals surface area contributed by atoms with Gasteiger partial charge in [-0.2, -0.15) is 0 Å². The molecule has 1 N–H and O–H groups in total. The summed E-state index contributed by atoms with van der Waals surface area (Å²) in [5.74, 6) is -1.54. The molecule has 0 aliphatic carbocycles. The first kappa shape index (κ1) is 24.3. The number of carbonyl (C=O) groups is 2. The topological polar surface area (TPSA) is 86.8 Å². The number of hydrogen-bond acceptors (Lipinski definition) is 4. The van der Waals surface area contributed by atoms with Gasteiger partial charge >= 0.3 is 0 Å². The third-order valence-electron chi connectivity index (χ3n) is 4.82. The average Bonchev–Trinajstić information content (AvgIpc) is 2.71. The van der Waals surface area contributed by atoms with Gasteiger partial charge in [0.2, 0.25) is 21.8 Å². The van der Waals surface area contributed by atoms with Gasteiger partial charge in [-0.3, -0.25) is 13.9 Å². The Bertz CT molecular complexity index is 1030. The highest BCUT2D eigenvalue weighted by Gasteiger charge is 2.30. The Morgan fingerprint density at radius 3 is 2.26 bits per heavy atom. The zero-order valence-electron chi connectivity index (χ0n) is 18.1. The van der Waals surface area contributed by atoms with E-state index in [1.165, 1.54) is 30.0 Å². The summed E-state index contributed by atoms with van der Waals surface area (Å²) >= 11 is 0. The van der Waals surface area contributed by atoms with Crippen LogP contribution in [0.4, 0.5) is 10.1 Å². The van der Waals surface area contributed by atoms with Crippen molar-refractivity contribution < 1.29 is 22.4 Å². The highest BCUT2D eigenvalue weighted by Crippen LogP contribution is 2.20. The summed E-state index contributed by atoms with van der Waals surface area (Å²) in [5, 5.41) is 2.64. The normalized spacial score (nSPS) is 12.2. The predicted octanol–water partition coefficient (Wildman–Crippen LogP) is 2.45. The van der Waals surface area contributed by atoms with Crippen LogP contribution in [0.3, 0.4) is 0 Å². The van der Waals surface area contributed by atoms with Crippen LogP contribution in [0.2, 0.25) is 0 Å².